The van der Waals surface area contributed by atoms with Crippen LogP contribution in [0.4, 0.5) is 0 Å². The number of sulfone groups is 1. The van der Waals surface area contributed by atoms with Gasteiger partial charge in [0, 0.05) is 17.1 Å². The Bertz CT molecular complexity index is 598. The topological polar surface area (TPSA) is 75.3 Å². The maximum absolute atomic E-state index is 12.0. The Morgan fingerprint density at radius 3 is 2.90 bits per heavy atom. The molecule has 7 heteroatoms. The zero-order valence-electron chi connectivity index (χ0n) is 11.6. The molecule has 1 aromatic carbocycles. The molecule has 1 aliphatic rings. The van der Waals surface area contributed by atoms with Crippen molar-refractivity contribution in [3.63, 3.8) is 0 Å². The van der Waals surface area contributed by atoms with Crippen LogP contribution in [0, 0.1) is 0 Å². The predicted octanol–water partition coefficient (Wildman–Crippen LogP) is 1.23. The summed E-state index contributed by atoms with van der Waals surface area (Å²) in [6.07, 6.45) is 2.12. The van der Waals surface area contributed by atoms with E-state index in [9.17, 15) is 13.2 Å². The lowest BCUT2D eigenvalue weighted by Crippen LogP contribution is -2.39. The number of carbonyl (C=O) groups excluding carboxylic acids is 1. The molecule has 0 aliphatic carbocycles. The maximum Gasteiger partial charge on any atom is 0.235 e. The van der Waals surface area contributed by atoms with Crippen molar-refractivity contribution in [3.05, 3.63) is 34.3 Å². The van der Waals surface area contributed by atoms with Crippen molar-refractivity contribution >= 4 is 31.7 Å². The lowest BCUT2D eigenvalue weighted by molar-refractivity contribution is -0.118. The van der Waals surface area contributed by atoms with E-state index in [-0.39, 0.29) is 11.8 Å². The van der Waals surface area contributed by atoms with Gasteiger partial charge in [0.05, 0.1) is 5.75 Å². The van der Waals surface area contributed by atoms with Crippen LogP contribution in [0.2, 0.25) is 0 Å². The highest BCUT2D eigenvalue weighted by Crippen LogP contribution is 2.14. The summed E-state index contributed by atoms with van der Waals surface area (Å²) >= 11 is 3.30. The molecule has 1 saturated heterocycles. The summed E-state index contributed by atoms with van der Waals surface area (Å²) in [5, 5.41) is 5.94. The SMILES string of the molecule is O=C(CS(=O)(=O)Cc1cccc(Br)c1)NCC1CCCN1. The second-order valence-electron chi connectivity index (χ2n) is 5.26. The average Bonchev–Trinajstić information content (AvgIpc) is 2.88. The Balaban J connectivity index is 1.83. The minimum atomic E-state index is -3.45. The fraction of sp³-hybridized carbons (Fsp3) is 0.500. The molecule has 1 heterocycles. The molecule has 0 saturated carbocycles. The van der Waals surface area contributed by atoms with E-state index in [0.717, 1.165) is 23.9 Å². The van der Waals surface area contributed by atoms with E-state index in [0.29, 0.717) is 12.1 Å². The summed E-state index contributed by atoms with van der Waals surface area (Å²) in [6.45, 7) is 1.45. The standard InChI is InChI=1S/C14H19BrN2O3S/c15-12-4-1-3-11(7-12)9-21(19,20)10-14(18)17-8-13-5-2-6-16-13/h1,3-4,7,13,16H,2,5-6,8-10H2,(H,17,18). The molecular formula is C14H19BrN2O3S. The van der Waals surface area contributed by atoms with Gasteiger partial charge in [0.2, 0.25) is 5.91 Å². The van der Waals surface area contributed by atoms with Crippen LogP contribution in [0.15, 0.2) is 28.7 Å². The first kappa shape index (κ1) is 16.5. The molecule has 1 atom stereocenters. The monoisotopic (exact) mass is 374 g/mol. The van der Waals surface area contributed by atoms with E-state index in [1.165, 1.54) is 0 Å². The first-order chi connectivity index (χ1) is 9.94. The van der Waals surface area contributed by atoms with Crippen LogP contribution in [0.1, 0.15) is 18.4 Å². The van der Waals surface area contributed by atoms with Crippen molar-refractivity contribution in [1.29, 1.82) is 0 Å². The number of hydrogen-bond donors (Lipinski definition) is 2. The van der Waals surface area contributed by atoms with Crippen LogP contribution in [-0.4, -0.2) is 39.2 Å². The molecule has 5 nitrogen and oxygen atoms in total. The summed E-state index contributed by atoms with van der Waals surface area (Å²) in [6, 6.07) is 7.36. The molecule has 21 heavy (non-hydrogen) atoms. The molecule has 0 aromatic heterocycles. The molecule has 1 unspecified atom stereocenters. The van der Waals surface area contributed by atoms with Crippen LogP contribution in [-0.2, 0) is 20.4 Å². The number of nitrogens with one attached hydrogen (secondary N) is 2. The van der Waals surface area contributed by atoms with Gasteiger partial charge in [-0.2, -0.15) is 0 Å². The Labute approximate surface area is 133 Å². The molecule has 2 rings (SSSR count). The fourth-order valence-corrected chi connectivity index (χ4v) is 4.09. The Morgan fingerprint density at radius 2 is 2.24 bits per heavy atom. The van der Waals surface area contributed by atoms with Crippen LogP contribution in [0.3, 0.4) is 0 Å². The molecule has 0 radical (unpaired) electrons. The number of carbonyl (C=O) groups is 1. The number of benzene rings is 1. The molecule has 2 N–H and O–H groups in total. The smallest absolute Gasteiger partial charge is 0.235 e. The van der Waals surface area contributed by atoms with Crippen molar-refractivity contribution in [1.82, 2.24) is 10.6 Å². The van der Waals surface area contributed by atoms with Gasteiger partial charge in [0.25, 0.3) is 0 Å². The predicted molar refractivity (Wildman–Crippen MR) is 85.7 cm³/mol. The second-order valence-corrected chi connectivity index (χ2v) is 8.24. The summed E-state index contributed by atoms with van der Waals surface area (Å²) < 4.78 is 24.9. The van der Waals surface area contributed by atoms with Gasteiger partial charge in [-0.3, -0.25) is 4.79 Å². The van der Waals surface area contributed by atoms with Gasteiger partial charge >= 0.3 is 0 Å². The first-order valence-corrected chi connectivity index (χ1v) is 9.51. The van der Waals surface area contributed by atoms with Gasteiger partial charge in [-0.15, -0.1) is 0 Å². The highest BCUT2D eigenvalue weighted by Gasteiger charge is 2.19. The number of rotatable bonds is 6. The Kier molecular flexibility index (Phi) is 5.78. The van der Waals surface area contributed by atoms with Gasteiger partial charge in [-0.25, -0.2) is 8.42 Å². The molecule has 1 aromatic rings. The Morgan fingerprint density at radius 1 is 1.43 bits per heavy atom. The molecule has 1 amide bonds. The molecule has 116 valence electrons. The minimum absolute atomic E-state index is 0.123. The van der Waals surface area contributed by atoms with Crippen molar-refractivity contribution < 1.29 is 13.2 Å². The van der Waals surface area contributed by atoms with Crippen LogP contribution in [0.5, 0.6) is 0 Å². The average molecular weight is 375 g/mol. The molecule has 1 fully saturated rings. The van der Waals surface area contributed by atoms with E-state index >= 15 is 0 Å². The number of halogens is 1. The Hall–Kier alpha value is -0.920. The number of amides is 1. The first-order valence-electron chi connectivity index (χ1n) is 6.89. The van der Waals surface area contributed by atoms with E-state index in [2.05, 4.69) is 26.6 Å². The van der Waals surface area contributed by atoms with E-state index in [1.54, 1.807) is 18.2 Å². The lowest BCUT2D eigenvalue weighted by atomic mass is 10.2. The second kappa shape index (κ2) is 7.38. The van der Waals surface area contributed by atoms with Crippen LogP contribution in [0.25, 0.3) is 0 Å². The highest BCUT2D eigenvalue weighted by molar-refractivity contribution is 9.10. The fourth-order valence-electron chi connectivity index (χ4n) is 2.35. The van der Waals surface area contributed by atoms with Gasteiger partial charge in [0.1, 0.15) is 5.75 Å². The molecule has 0 spiro atoms. The zero-order chi connectivity index (χ0) is 15.3. The van der Waals surface area contributed by atoms with Crippen molar-refractivity contribution in [3.8, 4) is 0 Å². The van der Waals surface area contributed by atoms with Crippen molar-refractivity contribution in [2.24, 2.45) is 0 Å². The van der Waals surface area contributed by atoms with Gasteiger partial charge in [-0.05, 0) is 37.1 Å². The van der Waals surface area contributed by atoms with Gasteiger partial charge in [0.15, 0.2) is 9.84 Å². The minimum Gasteiger partial charge on any atom is -0.354 e. The van der Waals surface area contributed by atoms with Gasteiger partial charge < -0.3 is 10.6 Å². The zero-order valence-corrected chi connectivity index (χ0v) is 14.0. The summed E-state index contributed by atoms with van der Waals surface area (Å²) in [7, 11) is -3.45. The normalized spacial score (nSPS) is 18.6. The van der Waals surface area contributed by atoms with E-state index in [4.69, 9.17) is 0 Å². The highest BCUT2D eigenvalue weighted by atomic mass is 79.9. The third-order valence-electron chi connectivity index (χ3n) is 3.33. The molecule has 0 bridgehead atoms. The third kappa shape index (κ3) is 5.76. The largest absolute Gasteiger partial charge is 0.354 e. The van der Waals surface area contributed by atoms with Gasteiger partial charge in [-0.1, -0.05) is 28.1 Å². The van der Waals surface area contributed by atoms with Crippen molar-refractivity contribution in [2.45, 2.75) is 24.6 Å². The summed E-state index contributed by atoms with van der Waals surface area (Å²) in [5.41, 5.74) is 0.676. The summed E-state index contributed by atoms with van der Waals surface area (Å²) in [5.74, 6) is -1.02. The van der Waals surface area contributed by atoms with Crippen LogP contribution < -0.4 is 10.6 Å². The molecular weight excluding hydrogens is 356 g/mol. The van der Waals surface area contributed by atoms with Crippen molar-refractivity contribution in [2.75, 3.05) is 18.8 Å². The number of hydrogen-bond acceptors (Lipinski definition) is 4. The van der Waals surface area contributed by atoms with Crippen LogP contribution >= 0.6 is 15.9 Å². The maximum atomic E-state index is 12.0. The third-order valence-corrected chi connectivity index (χ3v) is 5.30. The quantitative estimate of drug-likeness (QED) is 0.785. The molecule has 1 aliphatic heterocycles. The lowest BCUT2D eigenvalue weighted by Gasteiger charge is -2.11. The van der Waals surface area contributed by atoms with E-state index in [1.807, 2.05) is 6.07 Å². The summed E-state index contributed by atoms with van der Waals surface area (Å²) in [4.78, 5) is 11.7. The van der Waals surface area contributed by atoms with E-state index < -0.39 is 21.5 Å².